The van der Waals surface area contributed by atoms with E-state index >= 15 is 0 Å². The van der Waals surface area contributed by atoms with E-state index in [9.17, 15) is 13.2 Å². The van der Waals surface area contributed by atoms with Crippen LogP contribution in [-0.2, 0) is 21.2 Å². The zero-order valence-electron chi connectivity index (χ0n) is 16.4. The van der Waals surface area contributed by atoms with Gasteiger partial charge in [0.25, 0.3) is 5.91 Å². The molecule has 0 radical (unpaired) electrons. The largest absolute Gasteiger partial charge is 0.484 e. The molecule has 0 heterocycles. The molecule has 0 unspecified atom stereocenters. The first-order valence-corrected chi connectivity index (χ1v) is 10.9. The van der Waals surface area contributed by atoms with Crippen LogP contribution >= 0.6 is 0 Å². The van der Waals surface area contributed by atoms with E-state index in [0.717, 1.165) is 18.4 Å². The van der Waals surface area contributed by atoms with E-state index < -0.39 is 10.0 Å². The molecular weight excluding hydrogens is 376 g/mol. The third-order valence-electron chi connectivity index (χ3n) is 4.18. The Balaban J connectivity index is 1.82. The maximum Gasteiger partial charge on any atom is 0.258 e. The average molecular weight is 405 g/mol. The molecule has 2 aromatic carbocycles. The first kappa shape index (κ1) is 21.9. The summed E-state index contributed by atoms with van der Waals surface area (Å²) in [7, 11) is -3.59. The molecule has 2 N–H and O–H groups in total. The number of ether oxygens (including phenoxy) is 1. The first-order chi connectivity index (χ1) is 13.4. The highest BCUT2D eigenvalue weighted by molar-refractivity contribution is 7.89. The fraction of sp³-hybridized carbons (Fsp3) is 0.381. The van der Waals surface area contributed by atoms with Crippen molar-refractivity contribution in [1.82, 2.24) is 10.0 Å². The number of carbonyl (C=O) groups is 1. The van der Waals surface area contributed by atoms with Gasteiger partial charge in [-0.3, -0.25) is 4.79 Å². The molecule has 28 heavy (non-hydrogen) atoms. The third-order valence-corrected chi connectivity index (χ3v) is 5.66. The lowest BCUT2D eigenvalue weighted by Crippen LogP contribution is -2.35. The Labute approximate surface area is 167 Å². The second-order valence-electron chi connectivity index (χ2n) is 6.65. The molecule has 1 amide bonds. The maximum atomic E-state index is 12.4. The SMILES string of the molecule is CCC[C@@H](C)NC(=O)COc1ccc(S(=O)(=O)NCCc2ccccc2)cc1. The van der Waals surface area contributed by atoms with Crippen LogP contribution in [0.4, 0.5) is 0 Å². The van der Waals surface area contributed by atoms with Gasteiger partial charge in [-0.2, -0.15) is 0 Å². The zero-order chi connectivity index (χ0) is 20.4. The van der Waals surface area contributed by atoms with Crippen LogP contribution in [0.5, 0.6) is 5.75 Å². The van der Waals surface area contributed by atoms with Crippen molar-refractivity contribution < 1.29 is 17.9 Å². The molecule has 0 spiro atoms. The predicted octanol–water partition coefficient (Wildman–Crippen LogP) is 2.89. The van der Waals surface area contributed by atoms with Crippen LogP contribution in [0.1, 0.15) is 32.3 Å². The summed E-state index contributed by atoms with van der Waals surface area (Å²) in [4.78, 5) is 12.0. The highest BCUT2D eigenvalue weighted by Crippen LogP contribution is 2.16. The average Bonchev–Trinajstić information content (AvgIpc) is 2.67. The molecule has 0 aromatic heterocycles. The minimum Gasteiger partial charge on any atom is -0.484 e. The van der Waals surface area contributed by atoms with E-state index in [2.05, 4.69) is 17.0 Å². The van der Waals surface area contributed by atoms with Crippen molar-refractivity contribution in [2.45, 2.75) is 44.0 Å². The van der Waals surface area contributed by atoms with Gasteiger partial charge in [-0.05, 0) is 49.6 Å². The smallest absolute Gasteiger partial charge is 0.258 e. The third kappa shape index (κ3) is 7.32. The number of rotatable bonds is 11. The minimum absolute atomic E-state index is 0.102. The number of sulfonamides is 1. The van der Waals surface area contributed by atoms with Gasteiger partial charge >= 0.3 is 0 Å². The van der Waals surface area contributed by atoms with Crippen molar-refractivity contribution in [3.63, 3.8) is 0 Å². The van der Waals surface area contributed by atoms with Gasteiger partial charge < -0.3 is 10.1 Å². The predicted molar refractivity (Wildman–Crippen MR) is 110 cm³/mol. The molecule has 0 aliphatic rings. The van der Waals surface area contributed by atoms with E-state index in [-0.39, 0.29) is 23.5 Å². The second-order valence-corrected chi connectivity index (χ2v) is 8.42. The lowest BCUT2D eigenvalue weighted by atomic mass is 10.2. The van der Waals surface area contributed by atoms with Crippen LogP contribution in [0.2, 0.25) is 0 Å². The Morgan fingerprint density at radius 2 is 1.75 bits per heavy atom. The normalized spacial score (nSPS) is 12.4. The molecule has 2 aromatic rings. The number of nitrogens with one attached hydrogen (secondary N) is 2. The Kier molecular flexibility index (Phi) is 8.47. The Morgan fingerprint density at radius 3 is 2.39 bits per heavy atom. The summed E-state index contributed by atoms with van der Waals surface area (Å²) in [6.07, 6.45) is 2.53. The van der Waals surface area contributed by atoms with Crippen LogP contribution in [0.3, 0.4) is 0 Å². The summed E-state index contributed by atoms with van der Waals surface area (Å²) in [6, 6.07) is 15.8. The summed E-state index contributed by atoms with van der Waals surface area (Å²) in [5.41, 5.74) is 1.07. The summed E-state index contributed by atoms with van der Waals surface area (Å²) in [6.45, 7) is 4.23. The fourth-order valence-corrected chi connectivity index (χ4v) is 3.78. The standard InChI is InChI=1S/C21H28N2O4S/c1-3-7-17(2)23-21(24)16-27-19-10-12-20(13-11-19)28(25,26)22-15-14-18-8-5-4-6-9-18/h4-6,8-13,17,22H,3,7,14-16H2,1-2H3,(H,23,24)/t17-/m1/s1. The van der Waals surface area contributed by atoms with E-state index in [4.69, 9.17) is 4.74 Å². The Morgan fingerprint density at radius 1 is 1.07 bits per heavy atom. The monoisotopic (exact) mass is 404 g/mol. The van der Waals surface area contributed by atoms with E-state index in [1.54, 1.807) is 12.1 Å². The molecule has 6 nitrogen and oxygen atoms in total. The van der Waals surface area contributed by atoms with Gasteiger partial charge in [-0.1, -0.05) is 43.7 Å². The quantitative estimate of drug-likeness (QED) is 0.603. The van der Waals surface area contributed by atoms with Crippen LogP contribution in [-0.4, -0.2) is 33.5 Å². The summed E-state index contributed by atoms with van der Waals surface area (Å²) >= 11 is 0. The molecule has 2 rings (SSSR count). The second kappa shape index (κ2) is 10.8. The van der Waals surface area contributed by atoms with Crippen molar-refractivity contribution in [2.75, 3.05) is 13.2 Å². The minimum atomic E-state index is -3.59. The lowest BCUT2D eigenvalue weighted by Gasteiger charge is -2.13. The van der Waals surface area contributed by atoms with Crippen molar-refractivity contribution >= 4 is 15.9 Å². The van der Waals surface area contributed by atoms with Gasteiger partial charge in [0.05, 0.1) is 4.90 Å². The summed E-state index contributed by atoms with van der Waals surface area (Å²) < 4.78 is 32.8. The van der Waals surface area contributed by atoms with E-state index in [1.165, 1.54) is 12.1 Å². The van der Waals surface area contributed by atoms with Gasteiger partial charge in [0.15, 0.2) is 6.61 Å². The van der Waals surface area contributed by atoms with Crippen molar-refractivity contribution in [2.24, 2.45) is 0 Å². The summed E-state index contributed by atoms with van der Waals surface area (Å²) in [5, 5.41) is 2.85. The number of hydrogen-bond donors (Lipinski definition) is 2. The van der Waals surface area contributed by atoms with Crippen LogP contribution in [0, 0.1) is 0 Å². The van der Waals surface area contributed by atoms with Gasteiger partial charge in [0.1, 0.15) is 5.75 Å². The zero-order valence-corrected chi connectivity index (χ0v) is 17.2. The van der Waals surface area contributed by atoms with Crippen LogP contribution in [0.25, 0.3) is 0 Å². The number of carbonyl (C=O) groups excluding carboxylic acids is 1. The van der Waals surface area contributed by atoms with Crippen molar-refractivity contribution in [1.29, 1.82) is 0 Å². The van der Waals surface area contributed by atoms with Gasteiger partial charge in [-0.25, -0.2) is 13.1 Å². The van der Waals surface area contributed by atoms with E-state index in [1.807, 2.05) is 37.3 Å². The fourth-order valence-electron chi connectivity index (χ4n) is 2.74. The van der Waals surface area contributed by atoms with Gasteiger partial charge in [0, 0.05) is 12.6 Å². The van der Waals surface area contributed by atoms with E-state index in [0.29, 0.717) is 18.7 Å². The molecule has 0 bridgehead atoms. The molecule has 1 atom stereocenters. The number of amides is 1. The van der Waals surface area contributed by atoms with Crippen molar-refractivity contribution in [3.8, 4) is 5.75 Å². The Hall–Kier alpha value is -2.38. The molecule has 0 saturated heterocycles. The lowest BCUT2D eigenvalue weighted by molar-refractivity contribution is -0.123. The van der Waals surface area contributed by atoms with Crippen LogP contribution < -0.4 is 14.8 Å². The Bertz CT molecular complexity index is 836. The number of benzene rings is 2. The van der Waals surface area contributed by atoms with Gasteiger partial charge in [0.2, 0.25) is 10.0 Å². The molecule has 0 fully saturated rings. The maximum absolute atomic E-state index is 12.4. The molecule has 0 aliphatic heterocycles. The molecule has 7 heteroatoms. The molecular formula is C21H28N2O4S. The number of hydrogen-bond acceptors (Lipinski definition) is 4. The summed E-state index contributed by atoms with van der Waals surface area (Å²) in [5.74, 6) is 0.252. The highest BCUT2D eigenvalue weighted by atomic mass is 32.2. The van der Waals surface area contributed by atoms with Crippen LogP contribution in [0.15, 0.2) is 59.5 Å². The first-order valence-electron chi connectivity index (χ1n) is 9.46. The topological polar surface area (TPSA) is 84.5 Å². The van der Waals surface area contributed by atoms with Gasteiger partial charge in [-0.15, -0.1) is 0 Å². The highest BCUT2D eigenvalue weighted by Gasteiger charge is 2.14. The van der Waals surface area contributed by atoms with Crippen molar-refractivity contribution in [3.05, 3.63) is 60.2 Å². The molecule has 0 saturated carbocycles. The molecule has 0 aliphatic carbocycles. The molecule has 152 valence electrons.